The van der Waals surface area contributed by atoms with Gasteiger partial charge in [-0.25, -0.2) is 4.79 Å². The first-order valence-electron chi connectivity index (χ1n) is 5.07. The molecule has 1 aromatic carbocycles. The fourth-order valence-corrected chi connectivity index (χ4v) is 1.51. The van der Waals surface area contributed by atoms with Gasteiger partial charge in [0.15, 0.2) is 5.02 Å². The first kappa shape index (κ1) is 14.8. The molecule has 0 radical (unpaired) electrons. The van der Waals surface area contributed by atoms with Crippen molar-refractivity contribution >= 4 is 28.9 Å². The summed E-state index contributed by atoms with van der Waals surface area (Å²) in [6.45, 7) is 3.16. The van der Waals surface area contributed by atoms with E-state index in [-0.39, 0.29) is 5.56 Å². The first-order valence-corrected chi connectivity index (χ1v) is 5.45. The number of carbonyl (C=O) groups excluding carboxylic acids is 1. The van der Waals surface area contributed by atoms with E-state index in [1.165, 1.54) is 0 Å². The van der Waals surface area contributed by atoms with Crippen LogP contribution in [0.25, 0.3) is 0 Å². The summed E-state index contributed by atoms with van der Waals surface area (Å²) in [5.74, 6) is -0.891. The van der Waals surface area contributed by atoms with Gasteiger partial charge in [-0.1, -0.05) is 11.6 Å². The number of esters is 1. The van der Waals surface area contributed by atoms with Crippen LogP contribution in [0.2, 0.25) is 5.02 Å². The minimum Gasteiger partial charge on any atom is -0.459 e. The molecule has 9 heteroatoms. The summed E-state index contributed by atoms with van der Waals surface area (Å²) in [4.78, 5) is 31.3. The molecule has 0 fully saturated rings. The predicted molar refractivity (Wildman–Crippen MR) is 65.3 cm³/mol. The summed E-state index contributed by atoms with van der Waals surface area (Å²) >= 11 is 5.55. The number of nitro groups is 2. The van der Waals surface area contributed by atoms with Gasteiger partial charge in [-0.3, -0.25) is 20.2 Å². The fraction of sp³-hybridized carbons (Fsp3) is 0.300. The van der Waals surface area contributed by atoms with Gasteiger partial charge in [0.1, 0.15) is 0 Å². The molecule has 0 N–H and O–H groups in total. The van der Waals surface area contributed by atoms with E-state index >= 15 is 0 Å². The minimum atomic E-state index is -0.901. The van der Waals surface area contributed by atoms with Crippen LogP contribution in [0.5, 0.6) is 0 Å². The fourth-order valence-electron chi connectivity index (χ4n) is 1.26. The van der Waals surface area contributed by atoms with Gasteiger partial charge in [-0.05, 0) is 13.8 Å². The van der Waals surface area contributed by atoms with Crippen molar-refractivity contribution in [3.8, 4) is 0 Å². The van der Waals surface area contributed by atoms with Gasteiger partial charge < -0.3 is 4.74 Å². The van der Waals surface area contributed by atoms with E-state index < -0.39 is 38.3 Å². The van der Waals surface area contributed by atoms with Crippen molar-refractivity contribution < 1.29 is 19.4 Å². The molecule has 0 heterocycles. The number of ether oxygens (including phenoxy) is 1. The lowest BCUT2D eigenvalue weighted by Crippen LogP contribution is -2.12. The third-order valence-electron chi connectivity index (χ3n) is 2.01. The SMILES string of the molecule is CC(C)OC(=O)c1cc([N+](=O)[O-])c(Cl)c([N+](=O)[O-])c1. The highest BCUT2D eigenvalue weighted by atomic mass is 35.5. The van der Waals surface area contributed by atoms with Crippen molar-refractivity contribution in [1.82, 2.24) is 0 Å². The molecule has 0 unspecified atom stereocenters. The zero-order valence-corrected chi connectivity index (χ0v) is 10.7. The number of halogens is 1. The molecular weight excluding hydrogens is 280 g/mol. The molecule has 0 amide bonds. The first-order chi connectivity index (χ1) is 8.73. The van der Waals surface area contributed by atoms with E-state index in [9.17, 15) is 25.0 Å². The molecule has 102 valence electrons. The summed E-state index contributed by atoms with van der Waals surface area (Å²) in [7, 11) is 0. The molecule has 0 atom stereocenters. The lowest BCUT2D eigenvalue weighted by Gasteiger charge is -2.08. The van der Waals surface area contributed by atoms with E-state index in [4.69, 9.17) is 16.3 Å². The van der Waals surface area contributed by atoms with Crippen LogP contribution in [0.15, 0.2) is 12.1 Å². The Labute approximate surface area is 112 Å². The second kappa shape index (κ2) is 5.61. The maximum Gasteiger partial charge on any atom is 0.338 e. The molecule has 8 nitrogen and oxygen atoms in total. The monoisotopic (exact) mass is 288 g/mol. The second-order valence-corrected chi connectivity index (χ2v) is 4.17. The summed E-state index contributed by atoms with van der Waals surface area (Å²) in [6.07, 6.45) is -0.457. The molecule has 0 bridgehead atoms. The van der Waals surface area contributed by atoms with Crippen LogP contribution in [0.4, 0.5) is 11.4 Å². The predicted octanol–water partition coefficient (Wildman–Crippen LogP) is 2.72. The summed E-state index contributed by atoms with van der Waals surface area (Å²) in [6, 6.07) is 1.69. The lowest BCUT2D eigenvalue weighted by atomic mass is 10.1. The van der Waals surface area contributed by atoms with Gasteiger partial charge in [0, 0.05) is 12.1 Å². The van der Waals surface area contributed by atoms with Crippen molar-refractivity contribution in [1.29, 1.82) is 0 Å². The van der Waals surface area contributed by atoms with Crippen molar-refractivity contribution in [3.63, 3.8) is 0 Å². The number of carbonyl (C=O) groups is 1. The van der Waals surface area contributed by atoms with Gasteiger partial charge in [0.25, 0.3) is 11.4 Å². The Morgan fingerprint density at radius 1 is 1.21 bits per heavy atom. The van der Waals surface area contributed by atoms with Gasteiger partial charge >= 0.3 is 5.97 Å². The number of benzene rings is 1. The third kappa shape index (κ3) is 3.38. The van der Waals surface area contributed by atoms with Gasteiger partial charge in [0.2, 0.25) is 0 Å². The van der Waals surface area contributed by atoms with Crippen LogP contribution < -0.4 is 0 Å². The molecule has 0 aliphatic heterocycles. The third-order valence-corrected chi connectivity index (χ3v) is 2.39. The van der Waals surface area contributed by atoms with Crippen LogP contribution in [0.3, 0.4) is 0 Å². The van der Waals surface area contributed by atoms with Crippen LogP contribution in [-0.4, -0.2) is 21.9 Å². The summed E-state index contributed by atoms with van der Waals surface area (Å²) < 4.78 is 4.82. The second-order valence-electron chi connectivity index (χ2n) is 3.80. The molecule has 1 rings (SSSR count). The molecule has 19 heavy (non-hydrogen) atoms. The van der Waals surface area contributed by atoms with E-state index in [0.717, 1.165) is 12.1 Å². The average molecular weight is 289 g/mol. The number of rotatable bonds is 4. The Morgan fingerprint density at radius 3 is 1.95 bits per heavy atom. The Kier molecular flexibility index (Phi) is 4.38. The normalized spacial score (nSPS) is 10.3. The van der Waals surface area contributed by atoms with Gasteiger partial charge in [-0.2, -0.15) is 0 Å². The molecule has 0 aliphatic carbocycles. The summed E-state index contributed by atoms with van der Waals surface area (Å²) in [5.41, 5.74) is -1.73. The van der Waals surface area contributed by atoms with E-state index in [1.54, 1.807) is 13.8 Å². The summed E-state index contributed by atoms with van der Waals surface area (Å²) in [5, 5.41) is 20.9. The number of hydrogen-bond donors (Lipinski definition) is 0. The zero-order valence-electron chi connectivity index (χ0n) is 9.95. The lowest BCUT2D eigenvalue weighted by molar-refractivity contribution is -0.393. The van der Waals surface area contributed by atoms with E-state index in [1.807, 2.05) is 0 Å². The van der Waals surface area contributed by atoms with Crippen LogP contribution in [-0.2, 0) is 4.74 Å². The quantitative estimate of drug-likeness (QED) is 0.478. The Balaban J connectivity index is 3.38. The van der Waals surface area contributed by atoms with Gasteiger partial charge in [-0.15, -0.1) is 0 Å². The van der Waals surface area contributed by atoms with Crippen LogP contribution >= 0.6 is 11.6 Å². The van der Waals surface area contributed by atoms with Crippen molar-refractivity contribution in [3.05, 3.63) is 42.9 Å². The largest absolute Gasteiger partial charge is 0.459 e. The van der Waals surface area contributed by atoms with Crippen molar-refractivity contribution in [2.24, 2.45) is 0 Å². The average Bonchev–Trinajstić information content (AvgIpc) is 2.27. The molecule has 0 spiro atoms. The molecular formula is C10H9ClN2O6. The molecule has 0 aromatic heterocycles. The van der Waals surface area contributed by atoms with Crippen molar-refractivity contribution in [2.75, 3.05) is 0 Å². The Bertz CT molecular complexity index is 522. The molecule has 1 aromatic rings. The van der Waals surface area contributed by atoms with Crippen molar-refractivity contribution in [2.45, 2.75) is 20.0 Å². The number of nitro benzene ring substituents is 2. The minimum absolute atomic E-state index is 0.295. The maximum atomic E-state index is 11.6. The molecule has 0 aliphatic rings. The standard InChI is InChI=1S/C10H9ClN2O6/c1-5(2)19-10(14)6-3-7(12(15)16)9(11)8(4-6)13(17)18/h3-5H,1-2H3. The topological polar surface area (TPSA) is 113 Å². The number of nitrogens with zero attached hydrogens (tertiary/aromatic N) is 2. The Hall–Kier alpha value is -2.22. The van der Waals surface area contributed by atoms with E-state index in [2.05, 4.69) is 0 Å². The maximum absolute atomic E-state index is 11.6. The molecule has 0 saturated carbocycles. The van der Waals surface area contributed by atoms with Gasteiger partial charge in [0.05, 0.1) is 21.5 Å². The molecule has 0 saturated heterocycles. The number of hydrogen-bond acceptors (Lipinski definition) is 6. The zero-order chi connectivity index (χ0) is 14.7. The highest BCUT2D eigenvalue weighted by Crippen LogP contribution is 2.35. The van der Waals surface area contributed by atoms with Crippen LogP contribution in [0, 0.1) is 20.2 Å². The smallest absolute Gasteiger partial charge is 0.338 e. The highest BCUT2D eigenvalue weighted by Gasteiger charge is 2.27. The highest BCUT2D eigenvalue weighted by molar-refractivity contribution is 6.35. The van der Waals surface area contributed by atoms with Crippen LogP contribution in [0.1, 0.15) is 24.2 Å². The Morgan fingerprint density at radius 2 is 1.63 bits per heavy atom. The van der Waals surface area contributed by atoms with E-state index in [0.29, 0.717) is 0 Å².